The summed E-state index contributed by atoms with van der Waals surface area (Å²) in [5.41, 5.74) is 0.516. The normalized spacial score (nSPS) is 24.3. The Hall–Kier alpha value is -3.35. The number of carbonyl (C=O) groups is 1. The number of allylic oxidation sites excluding steroid dienone is 1. The lowest BCUT2D eigenvalue weighted by atomic mass is 9.99. The van der Waals surface area contributed by atoms with Crippen molar-refractivity contribution in [2.24, 2.45) is 0 Å². The van der Waals surface area contributed by atoms with Crippen LogP contribution in [0.3, 0.4) is 0 Å². The third kappa shape index (κ3) is 5.66. The molecule has 2 aromatic carbocycles. The number of benzene rings is 2. The van der Waals surface area contributed by atoms with Gasteiger partial charge in [-0.2, -0.15) is 0 Å². The number of hydrogen-bond donors (Lipinski definition) is 5. The van der Waals surface area contributed by atoms with Crippen molar-refractivity contribution < 1.29 is 54.0 Å². The molecule has 0 amide bonds. The first-order chi connectivity index (χ1) is 16.7. The van der Waals surface area contributed by atoms with E-state index in [-0.39, 0.29) is 28.6 Å². The number of aromatic hydroxyl groups is 1. The molecule has 5 atom stereocenters. The van der Waals surface area contributed by atoms with Gasteiger partial charge < -0.3 is 49.2 Å². The average Bonchev–Trinajstić information content (AvgIpc) is 2.87. The summed E-state index contributed by atoms with van der Waals surface area (Å²) in [5, 5.41) is 49.6. The van der Waals surface area contributed by atoms with Gasteiger partial charge in [0.2, 0.25) is 6.29 Å². The van der Waals surface area contributed by atoms with E-state index in [0.717, 1.165) is 0 Å². The van der Waals surface area contributed by atoms with E-state index in [1.807, 2.05) is 0 Å². The number of ether oxygens (including phenoxy) is 5. The van der Waals surface area contributed by atoms with Crippen molar-refractivity contribution in [3.05, 3.63) is 47.5 Å². The number of methoxy groups -OCH3 is 3. The summed E-state index contributed by atoms with van der Waals surface area (Å²) in [7, 11) is 4.18. The zero-order valence-corrected chi connectivity index (χ0v) is 19.3. The summed E-state index contributed by atoms with van der Waals surface area (Å²) >= 11 is 0. The van der Waals surface area contributed by atoms with Crippen molar-refractivity contribution in [2.45, 2.75) is 30.7 Å². The maximum absolute atomic E-state index is 12.7. The summed E-state index contributed by atoms with van der Waals surface area (Å²) in [5.74, 6) is 0.0486. The van der Waals surface area contributed by atoms with Crippen LogP contribution in [0, 0.1) is 0 Å². The number of aliphatic hydroxyl groups is 4. The molecular weight excluding hydrogens is 464 g/mol. The molecule has 0 saturated carbocycles. The van der Waals surface area contributed by atoms with E-state index in [9.17, 15) is 30.3 Å². The fraction of sp³-hybridized carbons (Fsp3) is 0.375. The molecule has 35 heavy (non-hydrogen) atoms. The van der Waals surface area contributed by atoms with Gasteiger partial charge in [-0.3, -0.25) is 4.79 Å². The minimum Gasteiger partial charge on any atom is -0.507 e. The molecule has 2 aromatic rings. The Balaban J connectivity index is 1.79. The molecule has 0 radical (unpaired) electrons. The first-order valence-corrected chi connectivity index (χ1v) is 10.6. The fourth-order valence-corrected chi connectivity index (χ4v) is 3.53. The third-order valence-electron chi connectivity index (χ3n) is 5.46. The topological polar surface area (TPSA) is 164 Å². The lowest BCUT2D eigenvalue weighted by Gasteiger charge is -2.39. The van der Waals surface area contributed by atoms with Gasteiger partial charge in [-0.15, -0.1) is 0 Å². The SMILES string of the molecule is COc1cc(O)c(C(=O)/C=C/c2ccc(O[C@@H]3O[C@H](CO)[C@@H](O)[C@H](O)[C@H]3O)c(OC)c2)c(OC)c1. The Labute approximate surface area is 201 Å². The smallest absolute Gasteiger partial charge is 0.229 e. The van der Waals surface area contributed by atoms with E-state index in [2.05, 4.69) is 0 Å². The maximum Gasteiger partial charge on any atom is 0.229 e. The Kier molecular flexibility index (Phi) is 8.54. The summed E-state index contributed by atoms with van der Waals surface area (Å²) in [4.78, 5) is 12.7. The molecule has 190 valence electrons. The van der Waals surface area contributed by atoms with Crippen LogP contribution in [0.15, 0.2) is 36.4 Å². The maximum atomic E-state index is 12.7. The van der Waals surface area contributed by atoms with Crippen LogP contribution in [0.5, 0.6) is 28.7 Å². The van der Waals surface area contributed by atoms with E-state index in [0.29, 0.717) is 11.3 Å². The van der Waals surface area contributed by atoms with Gasteiger partial charge in [-0.05, 0) is 23.8 Å². The zero-order valence-electron chi connectivity index (χ0n) is 19.3. The monoisotopic (exact) mass is 492 g/mol. The summed E-state index contributed by atoms with van der Waals surface area (Å²) < 4.78 is 26.6. The van der Waals surface area contributed by atoms with Crippen molar-refractivity contribution in [1.82, 2.24) is 0 Å². The van der Waals surface area contributed by atoms with Gasteiger partial charge in [0.1, 0.15) is 47.2 Å². The Morgan fingerprint density at radius 3 is 2.29 bits per heavy atom. The lowest BCUT2D eigenvalue weighted by Crippen LogP contribution is -2.60. The van der Waals surface area contributed by atoms with Gasteiger partial charge >= 0.3 is 0 Å². The number of carbonyl (C=O) groups excluding carboxylic acids is 1. The molecule has 0 aliphatic carbocycles. The molecule has 1 saturated heterocycles. The number of hydrogen-bond acceptors (Lipinski definition) is 11. The van der Waals surface area contributed by atoms with Crippen molar-refractivity contribution in [2.75, 3.05) is 27.9 Å². The largest absolute Gasteiger partial charge is 0.507 e. The molecule has 5 N–H and O–H groups in total. The molecule has 0 aromatic heterocycles. The molecule has 1 fully saturated rings. The van der Waals surface area contributed by atoms with Crippen molar-refractivity contribution in [3.63, 3.8) is 0 Å². The van der Waals surface area contributed by atoms with Gasteiger partial charge in [-0.1, -0.05) is 12.1 Å². The minimum absolute atomic E-state index is 0.0286. The highest BCUT2D eigenvalue weighted by Crippen LogP contribution is 2.35. The van der Waals surface area contributed by atoms with Crippen LogP contribution in [0.4, 0.5) is 0 Å². The second kappa shape index (κ2) is 11.4. The van der Waals surface area contributed by atoms with Crippen LogP contribution in [0.25, 0.3) is 6.08 Å². The third-order valence-corrected chi connectivity index (χ3v) is 5.46. The van der Waals surface area contributed by atoms with E-state index >= 15 is 0 Å². The van der Waals surface area contributed by atoms with Crippen LogP contribution in [0.1, 0.15) is 15.9 Å². The van der Waals surface area contributed by atoms with Crippen molar-refractivity contribution in [1.29, 1.82) is 0 Å². The van der Waals surface area contributed by atoms with Gasteiger partial charge in [0.05, 0.1) is 27.9 Å². The van der Waals surface area contributed by atoms with Crippen LogP contribution >= 0.6 is 0 Å². The molecule has 0 unspecified atom stereocenters. The van der Waals surface area contributed by atoms with E-state index in [4.69, 9.17) is 23.7 Å². The van der Waals surface area contributed by atoms with Crippen LogP contribution in [-0.2, 0) is 4.74 Å². The van der Waals surface area contributed by atoms with Gasteiger partial charge in [0, 0.05) is 12.1 Å². The molecule has 1 aliphatic heterocycles. The highest BCUT2D eigenvalue weighted by Gasteiger charge is 2.44. The Morgan fingerprint density at radius 2 is 1.66 bits per heavy atom. The van der Waals surface area contributed by atoms with Crippen LogP contribution in [-0.4, -0.2) is 90.0 Å². The molecule has 0 bridgehead atoms. The first-order valence-electron chi connectivity index (χ1n) is 10.6. The Morgan fingerprint density at radius 1 is 0.943 bits per heavy atom. The van der Waals surface area contributed by atoms with Crippen molar-refractivity contribution >= 4 is 11.9 Å². The zero-order chi connectivity index (χ0) is 25.7. The second-order valence-electron chi connectivity index (χ2n) is 7.65. The van der Waals surface area contributed by atoms with Gasteiger partial charge in [-0.25, -0.2) is 0 Å². The predicted octanol–water partition coefficient (Wildman–Crippen LogP) is 0.493. The predicted molar refractivity (Wildman–Crippen MR) is 122 cm³/mol. The molecule has 1 aliphatic rings. The number of rotatable bonds is 9. The number of aliphatic hydroxyl groups excluding tert-OH is 4. The number of ketones is 1. The van der Waals surface area contributed by atoms with Crippen LogP contribution in [0.2, 0.25) is 0 Å². The lowest BCUT2D eigenvalue weighted by molar-refractivity contribution is -0.277. The number of phenols is 1. The minimum atomic E-state index is -1.59. The van der Waals surface area contributed by atoms with Gasteiger partial charge in [0.15, 0.2) is 17.3 Å². The van der Waals surface area contributed by atoms with E-state index in [1.165, 1.54) is 51.7 Å². The first kappa shape index (κ1) is 26.3. The summed E-state index contributed by atoms with van der Waals surface area (Å²) in [6.07, 6.45) is -4.44. The Bertz CT molecular complexity index is 1070. The van der Waals surface area contributed by atoms with Gasteiger partial charge in [0.25, 0.3) is 0 Å². The summed E-state index contributed by atoms with van der Waals surface area (Å²) in [6, 6.07) is 7.42. The average molecular weight is 492 g/mol. The molecule has 11 nitrogen and oxygen atoms in total. The number of phenolic OH excluding ortho intramolecular Hbond substituents is 1. The fourth-order valence-electron chi connectivity index (χ4n) is 3.53. The molecule has 1 heterocycles. The highest BCUT2D eigenvalue weighted by molar-refractivity contribution is 6.10. The molecule has 0 spiro atoms. The van der Waals surface area contributed by atoms with E-state index in [1.54, 1.807) is 12.1 Å². The molecular formula is C24H28O11. The van der Waals surface area contributed by atoms with Crippen molar-refractivity contribution in [3.8, 4) is 28.7 Å². The quantitative estimate of drug-likeness (QED) is 0.244. The summed E-state index contributed by atoms with van der Waals surface area (Å²) in [6.45, 7) is -0.589. The standard InChI is InChI=1S/C24H28O11/c1-31-13-9-15(27)20(18(10-13)33-3)14(26)6-4-12-5-7-16(17(8-12)32-2)34-24-23(30)22(29)21(28)19(11-25)35-24/h4-10,19,21-25,27-30H,11H2,1-3H3/b6-4+/t19-,21-,22+,23-,24-/m1/s1. The molecule has 11 heteroatoms. The van der Waals surface area contributed by atoms with E-state index < -0.39 is 43.1 Å². The molecule has 3 rings (SSSR count). The van der Waals surface area contributed by atoms with Crippen LogP contribution < -0.4 is 18.9 Å². The highest BCUT2D eigenvalue weighted by atomic mass is 16.7. The second-order valence-corrected chi connectivity index (χ2v) is 7.65.